The van der Waals surface area contributed by atoms with Gasteiger partial charge in [-0.25, -0.2) is 0 Å². The summed E-state index contributed by atoms with van der Waals surface area (Å²) in [5.41, 5.74) is 2.17. The van der Waals surface area contributed by atoms with Crippen molar-refractivity contribution in [2.24, 2.45) is 0 Å². The number of hydrogen-bond acceptors (Lipinski definition) is 3. The minimum absolute atomic E-state index is 0.0522. The summed E-state index contributed by atoms with van der Waals surface area (Å²) in [7, 11) is 0. The second-order valence-corrected chi connectivity index (χ2v) is 7.01. The van der Waals surface area contributed by atoms with E-state index in [1.165, 1.54) is 6.42 Å². The van der Waals surface area contributed by atoms with Crippen LogP contribution in [-0.4, -0.2) is 18.4 Å². The number of hydrogen-bond donors (Lipinski definition) is 2. The number of amides is 2. The number of benzene rings is 2. The molecule has 1 spiro atoms. The van der Waals surface area contributed by atoms with Crippen LogP contribution in [0.15, 0.2) is 48.5 Å². The summed E-state index contributed by atoms with van der Waals surface area (Å²) in [6, 6.07) is 14.9. The van der Waals surface area contributed by atoms with Crippen LogP contribution in [0, 0.1) is 0 Å². The van der Waals surface area contributed by atoms with Gasteiger partial charge in [0.1, 0.15) is 5.75 Å². The van der Waals surface area contributed by atoms with Crippen LogP contribution in [0.3, 0.4) is 0 Å². The Labute approximate surface area is 152 Å². The normalized spacial score (nSPS) is 17.5. The SMILES string of the molecule is O=C(COc1ccccc1)Nc1ccc2c(c1)C1(CCCCC1)C(=O)N2. The predicted molar refractivity (Wildman–Crippen MR) is 100 cm³/mol. The van der Waals surface area contributed by atoms with E-state index in [-0.39, 0.29) is 18.4 Å². The third-order valence-corrected chi connectivity index (χ3v) is 5.32. The first-order chi connectivity index (χ1) is 12.7. The molecule has 0 saturated heterocycles. The molecule has 2 aromatic carbocycles. The fraction of sp³-hybridized carbons (Fsp3) is 0.333. The second-order valence-electron chi connectivity index (χ2n) is 7.01. The molecule has 4 rings (SSSR count). The van der Waals surface area contributed by atoms with Crippen LogP contribution in [0.25, 0.3) is 0 Å². The Morgan fingerprint density at radius 2 is 1.85 bits per heavy atom. The molecule has 0 atom stereocenters. The molecule has 2 aromatic rings. The van der Waals surface area contributed by atoms with Crippen molar-refractivity contribution in [3.63, 3.8) is 0 Å². The minimum Gasteiger partial charge on any atom is -0.484 e. The number of rotatable bonds is 4. The first kappa shape index (κ1) is 16.6. The van der Waals surface area contributed by atoms with Gasteiger partial charge in [-0.2, -0.15) is 0 Å². The number of carbonyl (C=O) groups excluding carboxylic acids is 2. The zero-order valence-electron chi connectivity index (χ0n) is 14.6. The highest BCUT2D eigenvalue weighted by Crippen LogP contribution is 2.48. The fourth-order valence-corrected chi connectivity index (χ4v) is 4.01. The third kappa shape index (κ3) is 3.05. The molecule has 0 bridgehead atoms. The number of ether oxygens (including phenoxy) is 1. The molecular formula is C21H22N2O3. The van der Waals surface area contributed by atoms with Crippen molar-refractivity contribution in [3.8, 4) is 5.75 Å². The lowest BCUT2D eigenvalue weighted by Crippen LogP contribution is -2.36. The third-order valence-electron chi connectivity index (χ3n) is 5.32. The maximum atomic E-state index is 12.6. The van der Waals surface area contributed by atoms with Crippen molar-refractivity contribution in [2.45, 2.75) is 37.5 Å². The van der Waals surface area contributed by atoms with Crippen molar-refractivity contribution in [1.82, 2.24) is 0 Å². The van der Waals surface area contributed by atoms with Crippen LogP contribution < -0.4 is 15.4 Å². The maximum Gasteiger partial charge on any atom is 0.262 e. The second kappa shape index (κ2) is 6.83. The van der Waals surface area contributed by atoms with Crippen LogP contribution in [-0.2, 0) is 15.0 Å². The van der Waals surface area contributed by atoms with Crippen molar-refractivity contribution in [1.29, 1.82) is 0 Å². The molecule has 0 radical (unpaired) electrons. The van der Waals surface area contributed by atoms with E-state index in [0.29, 0.717) is 11.4 Å². The van der Waals surface area contributed by atoms with Gasteiger partial charge in [-0.1, -0.05) is 37.5 Å². The van der Waals surface area contributed by atoms with Gasteiger partial charge in [0.15, 0.2) is 6.61 Å². The molecule has 1 aliphatic carbocycles. The quantitative estimate of drug-likeness (QED) is 0.880. The number of anilines is 2. The first-order valence-corrected chi connectivity index (χ1v) is 9.11. The fourth-order valence-electron chi connectivity index (χ4n) is 4.01. The summed E-state index contributed by atoms with van der Waals surface area (Å²) in [6.45, 7) is -0.0522. The molecular weight excluding hydrogens is 328 g/mol. The number of fused-ring (bicyclic) bond motifs is 2. The largest absolute Gasteiger partial charge is 0.484 e. The van der Waals surface area contributed by atoms with Crippen LogP contribution >= 0.6 is 0 Å². The van der Waals surface area contributed by atoms with E-state index in [0.717, 1.165) is 36.9 Å². The minimum atomic E-state index is -0.422. The smallest absolute Gasteiger partial charge is 0.262 e. The molecule has 1 aliphatic heterocycles. The van der Waals surface area contributed by atoms with Gasteiger partial charge in [-0.3, -0.25) is 9.59 Å². The number of carbonyl (C=O) groups is 2. The monoisotopic (exact) mass is 350 g/mol. The molecule has 1 fully saturated rings. The van der Waals surface area contributed by atoms with E-state index >= 15 is 0 Å². The number of para-hydroxylation sites is 1. The van der Waals surface area contributed by atoms with Gasteiger partial charge in [-0.05, 0) is 48.7 Å². The molecule has 26 heavy (non-hydrogen) atoms. The lowest BCUT2D eigenvalue weighted by atomic mass is 9.70. The molecule has 1 saturated carbocycles. The first-order valence-electron chi connectivity index (χ1n) is 9.11. The summed E-state index contributed by atoms with van der Waals surface area (Å²) >= 11 is 0. The predicted octanol–water partition coefficient (Wildman–Crippen LogP) is 3.86. The zero-order chi connectivity index (χ0) is 18.0. The number of nitrogens with one attached hydrogen (secondary N) is 2. The molecule has 2 N–H and O–H groups in total. The topological polar surface area (TPSA) is 67.4 Å². The van der Waals surface area contributed by atoms with E-state index in [1.807, 2.05) is 48.5 Å². The van der Waals surface area contributed by atoms with E-state index in [1.54, 1.807) is 0 Å². The molecule has 1 heterocycles. The van der Waals surface area contributed by atoms with Gasteiger partial charge in [0.2, 0.25) is 5.91 Å². The summed E-state index contributed by atoms with van der Waals surface area (Å²) in [6.07, 6.45) is 5.06. The van der Waals surface area contributed by atoms with Crippen molar-refractivity contribution < 1.29 is 14.3 Å². The summed E-state index contributed by atoms with van der Waals surface area (Å²) in [5, 5.41) is 5.88. The summed E-state index contributed by atoms with van der Waals surface area (Å²) in [4.78, 5) is 24.8. The molecule has 5 nitrogen and oxygen atoms in total. The Hall–Kier alpha value is -2.82. The maximum absolute atomic E-state index is 12.6. The van der Waals surface area contributed by atoms with E-state index in [4.69, 9.17) is 4.74 Å². The average Bonchev–Trinajstić information content (AvgIpc) is 2.93. The molecule has 2 amide bonds. The van der Waals surface area contributed by atoms with Crippen LogP contribution in [0.1, 0.15) is 37.7 Å². The Bertz CT molecular complexity index is 826. The zero-order valence-corrected chi connectivity index (χ0v) is 14.6. The van der Waals surface area contributed by atoms with Gasteiger partial charge in [-0.15, -0.1) is 0 Å². The Kier molecular flexibility index (Phi) is 4.37. The Morgan fingerprint density at radius 1 is 1.08 bits per heavy atom. The molecule has 5 heteroatoms. The van der Waals surface area contributed by atoms with E-state index in [2.05, 4.69) is 10.6 Å². The Balaban J connectivity index is 1.47. The van der Waals surface area contributed by atoms with Crippen molar-refractivity contribution >= 4 is 23.2 Å². The average molecular weight is 350 g/mol. The highest BCUT2D eigenvalue weighted by Gasteiger charge is 2.47. The van der Waals surface area contributed by atoms with Crippen molar-refractivity contribution in [2.75, 3.05) is 17.2 Å². The van der Waals surface area contributed by atoms with Crippen LogP contribution in [0.5, 0.6) is 5.75 Å². The molecule has 134 valence electrons. The summed E-state index contributed by atoms with van der Waals surface area (Å²) < 4.78 is 5.48. The van der Waals surface area contributed by atoms with Gasteiger partial charge in [0.25, 0.3) is 5.91 Å². The van der Waals surface area contributed by atoms with E-state index in [9.17, 15) is 9.59 Å². The van der Waals surface area contributed by atoms with Crippen LogP contribution in [0.2, 0.25) is 0 Å². The highest BCUT2D eigenvalue weighted by molar-refractivity contribution is 6.07. The van der Waals surface area contributed by atoms with Gasteiger partial charge in [0, 0.05) is 11.4 Å². The van der Waals surface area contributed by atoms with Crippen LogP contribution in [0.4, 0.5) is 11.4 Å². The van der Waals surface area contributed by atoms with Gasteiger partial charge < -0.3 is 15.4 Å². The summed E-state index contributed by atoms with van der Waals surface area (Å²) in [5.74, 6) is 0.541. The standard InChI is InChI=1S/C21H22N2O3/c24-19(14-26-16-7-3-1-4-8-16)22-15-9-10-18-17(13-15)21(20(25)23-18)11-5-2-6-12-21/h1,3-4,7-10,13H,2,5-6,11-12,14H2,(H,22,24)(H,23,25). The Morgan fingerprint density at radius 3 is 2.62 bits per heavy atom. The van der Waals surface area contributed by atoms with Crippen molar-refractivity contribution in [3.05, 3.63) is 54.1 Å². The lowest BCUT2D eigenvalue weighted by Gasteiger charge is -2.31. The lowest BCUT2D eigenvalue weighted by molar-refractivity contribution is -0.122. The highest BCUT2D eigenvalue weighted by atomic mass is 16.5. The van der Waals surface area contributed by atoms with Gasteiger partial charge >= 0.3 is 0 Å². The van der Waals surface area contributed by atoms with Gasteiger partial charge in [0.05, 0.1) is 5.41 Å². The molecule has 0 unspecified atom stereocenters. The molecule has 2 aliphatic rings. The molecule has 0 aromatic heterocycles. The van der Waals surface area contributed by atoms with E-state index < -0.39 is 5.41 Å².